The van der Waals surface area contributed by atoms with E-state index in [1.54, 1.807) is 11.8 Å². The molecule has 6 nitrogen and oxygen atoms in total. The van der Waals surface area contributed by atoms with Crippen molar-refractivity contribution in [3.05, 3.63) is 36.8 Å². The van der Waals surface area contributed by atoms with Gasteiger partial charge in [-0.25, -0.2) is 15.0 Å². The van der Waals surface area contributed by atoms with E-state index in [1.165, 1.54) is 6.33 Å². The Morgan fingerprint density at radius 2 is 2.04 bits per heavy atom. The molecule has 3 heterocycles. The number of nitrogens with zero attached hydrogens (tertiary/aromatic N) is 4. The molecule has 3 aromatic heterocycles. The molecular formula is C16H16N6S. The number of aromatic nitrogens is 5. The van der Waals surface area contributed by atoms with Gasteiger partial charge in [0.2, 0.25) is 0 Å². The summed E-state index contributed by atoms with van der Waals surface area (Å²) in [5.41, 5.74) is 8.91. The van der Waals surface area contributed by atoms with Gasteiger partial charge in [0.1, 0.15) is 17.8 Å². The number of nitrogens with one attached hydrogen (secondary N) is 1. The lowest BCUT2D eigenvalue weighted by atomic mass is 10.3. The molecule has 0 bridgehead atoms. The van der Waals surface area contributed by atoms with Gasteiger partial charge in [0, 0.05) is 17.1 Å². The second-order valence-corrected chi connectivity index (χ2v) is 6.64. The van der Waals surface area contributed by atoms with E-state index in [1.807, 2.05) is 24.3 Å². The number of nitrogen functional groups attached to an aromatic ring is 1. The summed E-state index contributed by atoms with van der Waals surface area (Å²) in [7, 11) is 0. The number of para-hydroxylation sites is 2. The molecule has 0 unspecified atom stereocenters. The Balaban J connectivity index is 1.85. The van der Waals surface area contributed by atoms with Crippen LogP contribution in [-0.4, -0.2) is 24.5 Å². The molecule has 1 aromatic carbocycles. The normalized spacial score (nSPS) is 11.8. The third-order valence-corrected chi connectivity index (χ3v) is 4.65. The molecule has 0 spiro atoms. The summed E-state index contributed by atoms with van der Waals surface area (Å²) in [5.74, 6) is 0.494. The zero-order valence-electron chi connectivity index (χ0n) is 12.8. The molecular weight excluding hydrogens is 308 g/mol. The van der Waals surface area contributed by atoms with Gasteiger partial charge in [0.25, 0.3) is 0 Å². The van der Waals surface area contributed by atoms with Crippen LogP contribution >= 0.6 is 11.8 Å². The Hall–Kier alpha value is -2.54. The largest absolute Gasteiger partial charge is 0.383 e. The fourth-order valence-electron chi connectivity index (χ4n) is 2.63. The van der Waals surface area contributed by atoms with Gasteiger partial charge in [-0.15, -0.1) is 0 Å². The van der Waals surface area contributed by atoms with Crippen LogP contribution in [0.4, 0.5) is 5.82 Å². The zero-order valence-corrected chi connectivity index (χ0v) is 13.6. The number of H-pyrrole nitrogens is 1. The van der Waals surface area contributed by atoms with Crippen LogP contribution in [0.3, 0.4) is 0 Å². The topological polar surface area (TPSA) is 85.4 Å². The smallest absolute Gasteiger partial charge is 0.171 e. The van der Waals surface area contributed by atoms with Crippen molar-refractivity contribution in [2.75, 3.05) is 5.73 Å². The van der Waals surface area contributed by atoms with E-state index in [0.29, 0.717) is 5.82 Å². The van der Waals surface area contributed by atoms with Crippen LogP contribution in [-0.2, 0) is 0 Å². The van der Waals surface area contributed by atoms with Crippen LogP contribution in [0.25, 0.3) is 22.1 Å². The first kappa shape index (κ1) is 14.1. The molecule has 3 N–H and O–H groups in total. The summed E-state index contributed by atoms with van der Waals surface area (Å²) >= 11 is 1.55. The Morgan fingerprint density at radius 1 is 1.22 bits per heavy atom. The number of aromatic amines is 1. The van der Waals surface area contributed by atoms with E-state index < -0.39 is 0 Å². The maximum Gasteiger partial charge on any atom is 0.171 e. The number of fused-ring (bicyclic) bond motifs is 2. The third-order valence-electron chi connectivity index (χ3n) is 3.73. The molecule has 0 atom stereocenters. The highest BCUT2D eigenvalue weighted by Gasteiger charge is 2.17. The van der Waals surface area contributed by atoms with Crippen LogP contribution in [0, 0.1) is 0 Å². The van der Waals surface area contributed by atoms with E-state index in [0.717, 1.165) is 32.1 Å². The van der Waals surface area contributed by atoms with Crippen molar-refractivity contribution in [3.8, 4) is 0 Å². The summed E-state index contributed by atoms with van der Waals surface area (Å²) in [6.45, 7) is 4.24. The average Bonchev–Trinajstić information content (AvgIpc) is 3.09. The van der Waals surface area contributed by atoms with Crippen molar-refractivity contribution in [1.29, 1.82) is 0 Å². The van der Waals surface area contributed by atoms with E-state index >= 15 is 0 Å². The Kier molecular flexibility index (Phi) is 3.23. The average molecular weight is 324 g/mol. The van der Waals surface area contributed by atoms with Crippen LogP contribution < -0.4 is 5.73 Å². The molecule has 116 valence electrons. The maximum atomic E-state index is 6.09. The van der Waals surface area contributed by atoms with E-state index in [4.69, 9.17) is 5.73 Å². The van der Waals surface area contributed by atoms with Gasteiger partial charge in [-0.2, -0.15) is 0 Å². The number of nitrogens with two attached hydrogens (primary N) is 1. The summed E-state index contributed by atoms with van der Waals surface area (Å²) < 4.78 is 2.11. The lowest BCUT2D eigenvalue weighted by Crippen LogP contribution is -2.00. The first-order chi connectivity index (χ1) is 11.1. The van der Waals surface area contributed by atoms with Gasteiger partial charge in [-0.05, 0) is 37.7 Å². The number of imidazole rings is 1. The minimum Gasteiger partial charge on any atom is -0.383 e. The molecule has 0 aliphatic rings. The zero-order chi connectivity index (χ0) is 16.0. The number of hydrogen-bond donors (Lipinski definition) is 2. The Morgan fingerprint density at radius 3 is 2.83 bits per heavy atom. The van der Waals surface area contributed by atoms with Crippen molar-refractivity contribution in [2.45, 2.75) is 29.9 Å². The monoisotopic (exact) mass is 324 g/mol. The van der Waals surface area contributed by atoms with Crippen LogP contribution in [0.15, 0.2) is 46.8 Å². The number of benzene rings is 1. The van der Waals surface area contributed by atoms with Crippen molar-refractivity contribution in [3.63, 3.8) is 0 Å². The molecule has 0 saturated carbocycles. The van der Waals surface area contributed by atoms with Crippen LogP contribution in [0.5, 0.6) is 0 Å². The Bertz CT molecular complexity index is 967. The molecule has 4 rings (SSSR count). The second-order valence-electron chi connectivity index (χ2n) is 5.61. The number of anilines is 1. The minimum absolute atomic E-state index is 0.289. The minimum atomic E-state index is 0.289. The quantitative estimate of drug-likeness (QED) is 0.601. The molecule has 0 aliphatic carbocycles. The van der Waals surface area contributed by atoms with Crippen molar-refractivity contribution in [1.82, 2.24) is 24.5 Å². The van der Waals surface area contributed by atoms with Gasteiger partial charge in [-0.3, -0.25) is 0 Å². The molecule has 4 aromatic rings. The standard InChI is InChI=1S/C16H16N6S/c1-9(2)22-7-12(13-14(17)18-8-19-15(13)22)23-16-20-10-5-3-4-6-11(10)21-16/h3-9H,1-2H3,(H,20,21)(H2,17,18,19). The molecule has 0 aliphatic heterocycles. The second kappa shape index (κ2) is 5.27. The summed E-state index contributed by atoms with van der Waals surface area (Å²) in [5, 5.41) is 1.71. The fraction of sp³-hybridized carbons (Fsp3) is 0.188. The molecule has 0 fully saturated rings. The third kappa shape index (κ3) is 2.33. The number of hydrogen-bond acceptors (Lipinski definition) is 5. The molecule has 23 heavy (non-hydrogen) atoms. The van der Waals surface area contributed by atoms with Gasteiger partial charge in [0.15, 0.2) is 5.16 Å². The van der Waals surface area contributed by atoms with Gasteiger partial charge >= 0.3 is 0 Å². The van der Waals surface area contributed by atoms with E-state index in [2.05, 4.69) is 44.5 Å². The van der Waals surface area contributed by atoms with Crippen molar-refractivity contribution in [2.24, 2.45) is 0 Å². The lowest BCUT2D eigenvalue weighted by molar-refractivity contribution is 0.615. The van der Waals surface area contributed by atoms with Crippen LogP contribution in [0.1, 0.15) is 19.9 Å². The molecule has 0 amide bonds. The number of rotatable bonds is 3. The van der Waals surface area contributed by atoms with Gasteiger partial charge < -0.3 is 15.3 Å². The molecule has 0 saturated heterocycles. The summed E-state index contributed by atoms with van der Waals surface area (Å²) in [4.78, 5) is 17.5. The van der Waals surface area contributed by atoms with Crippen molar-refractivity contribution < 1.29 is 0 Å². The summed E-state index contributed by atoms with van der Waals surface area (Å²) in [6.07, 6.45) is 3.57. The Labute approximate surface area is 137 Å². The highest BCUT2D eigenvalue weighted by molar-refractivity contribution is 7.99. The van der Waals surface area contributed by atoms with Gasteiger partial charge in [0.05, 0.1) is 16.4 Å². The van der Waals surface area contributed by atoms with Crippen LogP contribution in [0.2, 0.25) is 0 Å². The predicted molar refractivity (Wildman–Crippen MR) is 92.5 cm³/mol. The summed E-state index contributed by atoms with van der Waals surface area (Å²) in [6, 6.07) is 8.27. The fourth-order valence-corrected chi connectivity index (χ4v) is 3.60. The first-order valence-corrected chi connectivity index (χ1v) is 8.18. The molecule has 0 radical (unpaired) electrons. The highest BCUT2D eigenvalue weighted by atomic mass is 32.2. The molecule has 7 heteroatoms. The highest BCUT2D eigenvalue weighted by Crippen LogP contribution is 2.37. The lowest BCUT2D eigenvalue weighted by Gasteiger charge is -2.07. The van der Waals surface area contributed by atoms with E-state index in [-0.39, 0.29) is 6.04 Å². The van der Waals surface area contributed by atoms with Crippen molar-refractivity contribution >= 4 is 39.6 Å². The predicted octanol–water partition coefficient (Wildman–Crippen LogP) is 3.62. The maximum absolute atomic E-state index is 6.09. The first-order valence-electron chi connectivity index (χ1n) is 7.37. The van der Waals surface area contributed by atoms with Gasteiger partial charge in [-0.1, -0.05) is 12.1 Å². The van der Waals surface area contributed by atoms with E-state index in [9.17, 15) is 0 Å². The SMILES string of the molecule is CC(C)n1cc(Sc2nc3ccccc3[nH]2)c2c(N)ncnc21.